The number of fused-ring (bicyclic) bond motifs is 1. The molecular weight excluding hydrogens is 508 g/mol. The van der Waals surface area contributed by atoms with E-state index in [-0.39, 0.29) is 6.61 Å². The van der Waals surface area contributed by atoms with Crippen LogP contribution in [0.4, 0.5) is 5.69 Å². The average Bonchev–Trinajstić information content (AvgIpc) is 2.80. The van der Waals surface area contributed by atoms with Gasteiger partial charge in [-0.2, -0.15) is 0 Å². The highest BCUT2D eigenvalue weighted by Gasteiger charge is 2.54. The molecule has 11 heteroatoms. The molecular formula is C28H38N2O9. The second kappa shape index (κ2) is 12.1. The van der Waals surface area contributed by atoms with Gasteiger partial charge < -0.3 is 33.9 Å². The Morgan fingerprint density at radius 2 is 1.64 bits per heavy atom. The molecule has 39 heavy (non-hydrogen) atoms. The van der Waals surface area contributed by atoms with Crippen LogP contribution in [0.1, 0.15) is 61.0 Å². The summed E-state index contributed by atoms with van der Waals surface area (Å²) >= 11 is 0. The molecule has 0 aliphatic carbocycles. The number of ether oxygens (including phenoxy) is 5. The van der Waals surface area contributed by atoms with Crippen molar-refractivity contribution in [3.63, 3.8) is 0 Å². The monoisotopic (exact) mass is 546 g/mol. The summed E-state index contributed by atoms with van der Waals surface area (Å²) in [6.45, 7) is 13.1. The molecule has 5 atom stereocenters. The topological polar surface area (TPSA) is 130 Å². The highest BCUT2D eigenvalue weighted by atomic mass is 16.6. The first kappa shape index (κ1) is 29.9. The van der Waals surface area contributed by atoms with Crippen LogP contribution in [0.15, 0.2) is 24.3 Å². The van der Waals surface area contributed by atoms with Crippen LogP contribution in [0.25, 0.3) is 5.57 Å². The van der Waals surface area contributed by atoms with Crippen LogP contribution in [0.3, 0.4) is 0 Å². The van der Waals surface area contributed by atoms with Gasteiger partial charge in [0, 0.05) is 38.9 Å². The molecule has 1 unspecified atom stereocenters. The lowest BCUT2D eigenvalue weighted by Crippen LogP contribution is -2.72. The van der Waals surface area contributed by atoms with Crippen molar-refractivity contribution < 1.29 is 42.9 Å². The maximum absolute atomic E-state index is 12.4. The number of carbonyl (C=O) groups excluding carboxylic acids is 4. The standard InChI is InChI=1S/C28H38N2O9/c1-9-35-20-10-11-22-21(12-20)15(2)13-28(7,8)30(22)27-24(29-16(3)31)26(38-19(6)34)25(37-18(5)33)23(39-27)14-36-17(4)32/h10-13,23-27H,9,14H2,1-8H3,(H,29,31)/t23-,24-,25-,26-,27?/m1/s1. The van der Waals surface area contributed by atoms with Crippen molar-refractivity contribution in [2.45, 2.75) is 91.5 Å². The predicted molar refractivity (Wildman–Crippen MR) is 142 cm³/mol. The fourth-order valence-corrected chi connectivity index (χ4v) is 5.28. The molecule has 1 fully saturated rings. The van der Waals surface area contributed by atoms with Crippen LogP contribution < -0.4 is 15.0 Å². The zero-order valence-electron chi connectivity index (χ0n) is 23.7. The van der Waals surface area contributed by atoms with Crippen molar-refractivity contribution in [3.05, 3.63) is 29.8 Å². The third kappa shape index (κ3) is 6.89. The Labute approximate surface area is 228 Å². The van der Waals surface area contributed by atoms with Crippen molar-refractivity contribution in [2.75, 3.05) is 18.1 Å². The molecule has 0 saturated carbocycles. The average molecular weight is 547 g/mol. The van der Waals surface area contributed by atoms with Gasteiger partial charge in [0.1, 0.15) is 24.5 Å². The molecule has 2 aliphatic rings. The number of allylic oxidation sites excluding steroid dienone is 1. The molecule has 1 aromatic rings. The number of benzene rings is 1. The summed E-state index contributed by atoms with van der Waals surface area (Å²) in [5.74, 6) is -1.56. The summed E-state index contributed by atoms with van der Waals surface area (Å²) in [5.41, 5.74) is 2.06. The zero-order chi connectivity index (χ0) is 29.1. The SMILES string of the molecule is CCOc1ccc2c(c1)C(C)=CC(C)(C)N2C1O[C@H](COC(C)=O)[C@@H](OC(C)=O)[C@H](OC(C)=O)[C@H]1NC(C)=O. The minimum absolute atomic E-state index is 0.270. The Morgan fingerprint density at radius 3 is 2.21 bits per heavy atom. The van der Waals surface area contributed by atoms with E-state index >= 15 is 0 Å². The number of carbonyl (C=O) groups is 4. The number of amides is 1. The lowest BCUT2D eigenvalue weighted by atomic mass is 9.85. The Kier molecular flexibility index (Phi) is 9.26. The maximum Gasteiger partial charge on any atom is 0.303 e. The third-order valence-corrected chi connectivity index (χ3v) is 6.50. The molecule has 2 heterocycles. The minimum atomic E-state index is -1.16. The lowest BCUT2D eigenvalue weighted by Gasteiger charge is -2.54. The number of esters is 3. The molecule has 0 spiro atoms. The lowest BCUT2D eigenvalue weighted by molar-refractivity contribution is -0.224. The summed E-state index contributed by atoms with van der Waals surface area (Å²) in [5, 5.41) is 2.86. The molecule has 0 radical (unpaired) electrons. The van der Waals surface area contributed by atoms with E-state index in [4.69, 9.17) is 23.7 Å². The summed E-state index contributed by atoms with van der Waals surface area (Å²) in [6.07, 6.45) is -2.18. The number of hydrogen-bond acceptors (Lipinski definition) is 10. The van der Waals surface area contributed by atoms with Crippen molar-refractivity contribution in [3.8, 4) is 5.75 Å². The van der Waals surface area contributed by atoms with Crippen LogP contribution in [0.2, 0.25) is 0 Å². The quantitative estimate of drug-likeness (QED) is 0.384. The van der Waals surface area contributed by atoms with E-state index in [1.807, 2.05) is 50.8 Å². The highest BCUT2D eigenvalue weighted by molar-refractivity contribution is 5.82. The third-order valence-electron chi connectivity index (χ3n) is 6.50. The van der Waals surface area contributed by atoms with Gasteiger partial charge in [-0.15, -0.1) is 0 Å². The molecule has 3 rings (SSSR count). The van der Waals surface area contributed by atoms with Crippen molar-refractivity contribution in [1.82, 2.24) is 5.32 Å². The Bertz CT molecular complexity index is 1150. The second-order valence-electron chi connectivity index (χ2n) is 10.2. The van der Waals surface area contributed by atoms with Gasteiger partial charge in [0.2, 0.25) is 5.91 Å². The number of anilines is 1. The summed E-state index contributed by atoms with van der Waals surface area (Å²) in [7, 11) is 0. The molecule has 1 aromatic carbocycles. The molecule has 214 valence electrons. The Morgan fingerprint density at radius 1 is 1.00 bits per heavy atom. The van der Waals surface area contributed by atoms with Gasteiger partial charge in [-0.1, -0.05) is 6.08 Å². The van der Waals surface area contributed by atoms with E-state index in [2.05, 4.69) is 11.4 Å². The normalized spacial score (nSPS) is 25.5. The first-order chi connectivity index (χ1) is 18.2. The van der Waals surface area contributed by atoms with Gasteiger partial charge in [0.25, 0.3) is 0 Å². The van der Waals surface area contributed by atoms with Gasteiger partial charge in [-0.05, 0) is 51.5 Å². The smallest absolute Gasteiger partial charge is 0.303 e. The Balaban J connectivity index is 2.20. The van der Waals surface area contributed by atoms with Gasteiger partial charge in [-0.3, -0.25) is 19.2 Å². The van der Waals surface area contributed by atoms with Gasteiger partial charge in [-0.25, -0.2) is 0 Å². The van der Waals surface area contributed by atoms with Crippen molar-refractivity contribution >= 4 is 35.1 Å². The second-order valence-corrected chi connectivity index (χ2v) is 10.2. The van der Waals surface area contributed by atoms with E-state index in [1.165, 1.54) is 27.7 Å². The maximum atomic E-state index is 12.4. The molecule has 0 bridgehead atoms. The zero-order valence-corrected chi connectivity index (χ0v) is 23.7. The number of rotatable bonds is 8. The molecule has 0 aromatic heterocycles. The van der Waals surface area contributed by atoms with Crippen LogP contribution >= 0.6 is 0 Å². The van der Waals surface area contributed by atoms with E-state index in [9.17, 15) is 19.2 Å². The van der Waals surface area contributed by atoms with Crippen LogP contribution in [0, 0.1) is 0 Å². The molecule has 1 saturated heterocycles. The van der Waals surface area contributed by atoms with Gasteiger partial charge in [0.05, 0.1) is 12.1 Å². The van der Waals surface area contributed by atoms with Crippen LogP contribution in [-0.2, 0) is 38.1 Å². The van der Waals surface area contributed by atoms with Gasteiger partial charge in [0.15, 0.2) is 18.4 Å². The number of hydrogen-bond donors (Lipinski definition) is 1. The van der Waals surface area contributed by atoms with Gasteiger partial charge >= 0.3 is 17.9 Å². The summed E-state index contributed by atoms with van der Waals surface area (Å²) < 4.78 is 28.7. The van der Waals surface area contributed by atoms with Crippen molar-refractivity contribution in [1.29, 1.82) is 0 Å². The van der Waals surface area contributed by atoms with Crippen LogP contribution in [0.5, 0.6) is 5.75 Å². The van der Waals surface area contributed by atoms with E-state index in [0.717, 1.165) is 16.8 Å². The van der Waals surface area contributed by atoms with E-state index in [0.29, 0.717) is 12.4 Å². The first-order valence-corrected chi connectivity index (χ1v) is 12.9. The molecule has 2 aliphatic heterocycles. The summed E-state index contributed by atoms with van der Waals surface area (Å²) in [4.78, 5) is 50.5. The fourth-order valence-electron chi connectivity index (χ4n) is 5.28. The van der Waals surface area contributed by atoms with E-state index in [1.54, 1.807) is 0 Å². The molecule has 1 N–H and O–H groups in total. The van der Waals surface area contributed by atoms with Crippen LogP contribution in [-0.4, -0.2) is 73.1 Å². The van der Waals surface area contributed by atoms with E-state index < -0.39 is 59.9 Å². The van der Waals surface area contributed by atoms with Crippen molar-refractivity contribution in [2.24, 2.45) is 0 Å². The highest BCUT2D eigenvalue weighted by Crippen LogP contribution is 2.44. The largest absolute Gasteiger partial charge is 0.494 e. The number of nitrogens with zero attached hydrogens (tertiary/aromatic N) is 1. The fraction of sp³-hybridized carbons (Fsp3) is 0.571. The summed E-state index contributed by atoms with van der Waals surface area (Å²) in [6, 6.07) is 4.73. The molecule has 1 amide bonds. The predicted octanol–water partition coefficient (Wildman–Crippen LogP) is 2.74. The molecule has 11 nitrogen and oxygen atoms in total. The number of nitrogens with one attached hydrogen (secondary N) is 1. The first-order valence-electron chi connectivity index (χ1n) is 12.9. The minimum Gasteiger partial charge on any atom is -0.494 e. The Hall–Kier alpha value is -3.60.